The minimum atomic E-state index is -0.0359. The van der Waals surface area contributed by atoms with Crippen molar-refractivity contribution in [3.05, 3.63) is 0 Å². The number of carbonyl (C=O) groups is 1. The Balaban J connectivity index is 0.00000144. The van der Waals surface area contributed by atoms with Crippen LogP contribution in [0, 0.1) is 5.41 Å². The smallest absolute Gasteiger partial charge is 0.233 e. The number of halogens is 1. The first-order valence-electron chi connectivity index (χ1n) is 6.34. The molecule has 0 saturated heterocycles. The number of rotatable bonds is 4. The van der Waals surface area contributed by atoms with Crippen LogP contribution in [0.2, 0.25) is 0 Å². The number of carbonyl (C=O) groups excluding carboxylic acids is 1. The fourth-order valence-corrected chi connectivity index (χ4v) is 3.34. The summed E-state index contributed by atoms with van der Waals surface area (Å²) in [5.74, 6) is -0.0359. The summed E-state index contributed by atoms with van der Waals surface area (Å²) in [7, 11) is 0. The molecule has 1 amide bonds. The first-order valence-corrected chi connectivity index (χ1v) is 6.34. The minimum Gasteiger partial charge on any atom is -0.378 e. The van der Waals surface area contributed by atoms with E-state index in [9.17, 15) is 4.79 Å². The van der Waals surface area contributed by atoms with Gasteiger partial charge in [0.25, 0.3) is 0 Å². The topological polar surface area (TPSA) is 64.3 Å². The highest BCUT2D eigenvalue weighted by Gasteiger charge is 2.56. The maximum Gasteiger partial charge on any atom is 0.233 e. The van der Waals surface area contributed by atoms with E-state index in [2.05, 4.69) is 5.32 Å². The molecule has 0 aromatic heterocycles. The van der Waals surface area contributed by atoms with E-state index in [-0.39, 0.29) is 30.3 Å². The number of hydrogen-bond acceptors (Lipinski definition) is 3. The average Bonchev–Trinajstić information content (AvgIpc) is 2.79. The van der Waals surface area contributed by atoms with Crippen LogP contribution >= 0.6 is 12.4 Å². The van der Waals surface area contributed by atoms with Crippen LogP contribution in [0.25, 0.3) is 0 Å². The third kappa shape index (κ3) is 2.59. The van der Waals surface area contributed by atoms with Gasteiger partial charge in [0.2, 0.25) is 5.91 Å². The lowest BCUT2D eigenvalue weighted by molar-refractivity contribution is -0.143. The molecule has 17 heavy (non-hydrogen) atoms. The molecule has 2 aliphatic carbocycles. The molecule has 100 valence electrons. The van der Waals surface area contributed by atoms with Crippen molar-refractivity contribution < 1.29 is 9.53 Å². The van der Waals surface area contributed by atoms with Crippen LogP contribution in [0.3, 0.4) is 0 Å². The van der Waals surface area contributed by atoms with Gasteiger partial charge < -0.3 is 15.8 Å². The first-order chi connectivity index (χ1) is 7.73. The largest absolute Gasteiger partial charge is 0.378 e. The fraction of sp³-hybridized carbons (Fsp3) is 0.917. The van der Waals surface area contributed by atoms with E-state index in [0.29, 0.717) is 12.1 Å². The standard InChI is InChI=1S/C12H22N2O2.ClH/c1-2-16-10-7-9(14-11(15)8-13)12(10)5-3-4-6-12;/h9-10H,2-8,13H2,1H3,(H,14,15);1H. The van der Waals surface area contributed by atoms with E-state index in [1.165, 1.54) is 25.7 Å². The summed E-state index contributed by atoms with van der Waals surface area (Å²) in [6.45, 7) is 2.89. The SMILES string of the molecule is CCOC1CC(NC(=O)CN)C12CCCC2.Cl. The second-order valence-corrected chi connectivity index (χ2v) is 4.94. The van der Waals surface area contributed by atoms with Crippen LogP contribution in [-0.4, -0.2) is 31.2 Å². The highest BCUT2D eigenvalue weighted by molar-refractivity contribution is 5.85. The number of amides is 1. The lowest BCUT2D eigenvalue weighted by Gasteiger charge is -2.54. The molecule has 0 aromatic rings. The summed E-state index contributed by atoms with van der Waals surface area (Å²) in [6.07, 6.45) is 6.21. The van der Waals surface area contributed by atoms with Gasteiger partial charge in [-0.15, -0.1) is 12.4 Å². The lowest BCUT2D eigenvalue weighted by Crippen LogP contribution is -2.64. The Morgan fingerprint density at radius 1 is 1.47 bits per heavy atom. The summed E-state index contributed by atoms with van der Waals surface area (Å²) in [5.41, 5.74) is 5.56. The zero-order chi connectivity index (χ0) is 11.6. The molecule has 1 spiro atoms. The third-order valence-electron chi connectivity index (χ3n) is 4.21. The summed E-state index contributed by atoms with van der Waals surface area (Å²) < 4.78 is 5.78. The van der Waals surface area contributed by atoms with Crippen molar-refractivity contribution in [1.82, 2.24) is 5.32 Å². The van der Waals surface area contributed by atoms with Gasteiger partial charge in [0.1, 0.15) is 0 Å². The maximum atomic E-state index is 11.3. The molecule has 2 atom stereocenters. The molecule has 0 aromatic carbocycles. The minimum absolute atomic E-state index is 0. The second-order valence-electron chi connectivity index (χ2n) is 4.94. The molecule has 2 saturated carbocycles. The normalized spacial score (nSPS) is 29.5. The summed E-state index contributed by atoms with van der Waals surface area (Å²) in [6, 6.07) is 0.294. The molecule has 0 radical (unpaired) electrons. The van der Waals surface area contributed by atoms with Crippen LogP contribution in [-0.2, 0) is 9.53 Å². The van der Waals surface area contributed by atoms with Crippen LogP contribution in [0.15, 0.2) is 0 Å². The van der Waals surface area contributed by atoms with Crippen LogP contribution in [0.1, 0.15) is 39.0 Å². The molecule has 2 fully saturated rings. The fourth-order valence-electron chi connectivity index (χ4n) is 3.34. The first kappa shape index (κ1) is 14.7. The molecule has 4 nitrogen and oxygen atoms in total. The van der Waals surface area contributed by atoms with E-state index in [1.54, 1.807) is 0 Å². The van der Waals surface area contributed by atoms with Gasteiger partial charge in [-0.3, -0.25) is 4.79 Å². The Labute approximate surface area is 109 Å². The Morgan fingerprint density at radius 2 is 2.12 bits per heavy atom. The van der Waals surface area contributed by atoms with Gasteiger partial charge in [0.05, 0.1) is 12.6 Å². The quantitative estimate of drug-likeness (QED) is 0.801. The van der Waals surface area contributed by atoms with E-state index in [0.717, 1.165) is 13.0 Å². The van der Waals surface area contributed by atoms with Gasteiger partial charge in [-0.25, -0.2) is 0 Å². The van der Waals surface area contributed by atoms with Gasteiger partial charge in [0, 0.05) is 18.1 Å². The maximum absolute atomic E-state index is 11.3. The van der Waals surface area contributed by atoms with Crippen molar-refractivity contribution in [1.29, 1.82) is 0 Å². The number of hydrogen-bond donors (Lipinski definition) is 2. The molecule has 0 bridgehead atoms. The number of ether oxygens (including phenoxy) is 1. The molecular weight excluding hydrogens is 240 g/mol. The zero-order valence-electron chi connectivity index (χ0n) is 10.4. The Bertz CT molecular complexity index is 267. The molecule has 0 heterocycles. The van der Waals surface area contributed by atoms with E-state index in [1.807, 2.05) is 6.92 Å². The molecular formula is C12H23ClN2O2. The van der Waals surface area contributed by atoms with Gasteiger partial charge in [0.15, 0.2) is 0 Å². The molecule has 3 N–H and O–H groups in total. The van der Waals surface area contributed by atoms with Gasteiger partial charge >= 0.3 is 0 Å². The molecule has 0 aliphatic heterocycles. The van der Waals surface area contributed by atoms with E-state index in [4.69, 9.17) is 10.5 Å². The number of nitrogens with one attached hydrogen (secondary N) is 1. The van der Waals surface area contributed by atoms with Crippen molar-refractivity contribution in [2.75, 3.05) is 13.2 Å². The summed E-state index contributed by atoms with van der Waals surface area (Å²) in [4.78, 5) is 11.3. The van der Waals surface area contributed by atoms with E-state index < -0.39 is 0 Å². The molecule has 2 unspecified atom stereocenters. The van der Waals surface area contributed by atoms with Crippen molar-refractivity contribution >= 4 is 18.3 Å². The summed E-state index contributed by atoms with van der Waals surface area (Å²) >= 11 is 0. The lowest BCUT2D eigenvalue weighted by atomic mass is 9.60. The van der Waals surface area contributed by atoms with Crippen molar-refractivity contribution in [2.24, 2.45) is 11.1 Å². The number of nitrogens with two attached hydrogens (primary N) is 1. The summed E-state index contributed by atoms with van der Waals surface area (Å²) in [5, 5.41) is 3.04. The predicted octanol–water partition coefficient (Wildman–Crippen LogP) is 1.22. The van der Waals surface area contributed by atoms with Crippen LogP contribution in [0.4, 0.5) is 0 Å². The monoisotopic (exact) mass is 262 g/mol. The van der Waals surface area contributed by atoms with Gasteiger partial charge in [-0.1, -0.05) is 12.8 Å². The zero-order valence-corrected chi connectivity index (χ0v) is 11.2. The van der Waals surface area contributed by atoms with Crippen LogP contribution in [0.5, 0.6) is 0 Å². The third-order valence-corrected chi connectivity index (χ3v) is 4.21. The second kappa shape index (κ2) is 6.03. The Kier molecular flexibility index (Phi) is 5.22. The Morgan fingerprint density at radius 3 is 2.65 bits per heavy atom. The van der Waals surface area contributed by atoms with Crippen molar-refractivity contribution in [3.63, 3.8) is 0 Å². The van der Waals surface area contributed by atoms with Gasteiger partial charge in [-0.2, -0.15) is 0 Å². The molecule has 5 heteroatoms. The molecule has 2 rings (SSSR count). The highest BCUT2D eigenvalue weighted by atomic mass is 35.5. The molecule has 2 aliphatic rings. The predicted molar refractivity (Wildman–Crippen MR) is 69.2 cm³/mol. The van der Waals surface area contributed by atoms with E-state index >= 15 is 0 Å². The average molecular weight is 263 g/mol. The van der Waals surface area contributed by atoms with Crippen molar-refractivity contribution in [2.45, 2.75) is 51.2 Å². The van der Waals surface area contributed by atoms with Gasteiger partial charge in [-0.05, 0) is 26.2 Å². The Hall–Kier alpha value is -0.320. The highest BCUT2D eigenvalue weighted by Crippen LogP contribution is 2.54. The van der Waals surface area contributed by atoms with Crippen molar-refractivity contribution in [3.8, 4) is 0 Å². The van der Waals surface area contributed by atoms with Crippen LogP contribution < -0.4 is 11.1 Å².